The number of aryl methyl sites for hydroxylation is 1. The van der Waals surface area contributed by atoms with Gasteiger partial charge in [-0.1, -0.05) is 53.7 Å². The first kappa shape index (κ1) is 21.3. The number of methoxy groups -OCH3 is 1. The van der Waals surface area contributed by atoms with Crippen molar-refractivity contribution in [3.8, 4) is 34.0 Å². The lowest BCUT2D eigenvalue weighted by atomic mass is 9.94. The van der Waals surface area contributed by atoms with Crippen LogP contribution in [0.15, 0.2) is 71.3 Å². The zero-order chi connectivity index (χ0) is 22.5. The Labute approximate surface area is 185 Å². The van der Waals surface area contributed by atoms with Crippen molar-refractivity contribution in [1.82, 2.24) is 10.1 Å². The Morgan fingerprint density at radius 1 is 0.969 bits per heavy atom. The first-order chi connectivity index (χ1) is 15.5. The summed E-state index contributed by atoms with van der Waals surface area (Å²) in [6, 6.07) is 21.4. The maximum absolute atomic E-state index is 10.6. The number of ether oxygens (including phenoxy) is 2. The van der Waals surface area contributed by atoms with E-state index in [1.807, 2.05) is 36.4 Å². The topological polar surface area (TPSA) is 94.7 Å². The van der Waals surface area contributed by atoms with Gasteiger partial charge in [0.25, 0.3) is 5.89 Å². The van der Waals surface area contributed by atoms with Crippen LogP contribution in [-0.2, 0) is 22.7 Å². The molecule has 0 radical (unpaired) electrons. The zero-order valence-corrected chi connectivity index (χ0v) is 17.7. The molecule has 0 aliphatic heterocycles. The van der Waals surface area contributed by atoms with Crippen molar-refractivity contribution in [1.29, 1.82) is 0 Å². The maximum atomic E-state index is 10.6. The third-order valence-corrected chi connectivity index (χ3v) is 5.06. The van der Waals surface area contributed by atoms with Crippen LogP contribution in [0.4, 0.5) is 4.79 Å². The van der Waals surface area contributed by atoms with E-state index >= 15 is 0 Å². The van der Waals surface area contributed by atoms with Crippen molar-refractivity contribution in [2.75, 3.05) is 7.11 Å². The van der Waals surface area contributed by atoms with E-state index in [9.17, 15) is 4.79 Å². The summed E-state index contributed by atoms with van der Waals surface area (Å²) in [5, 5.41) is 12.8. The van der Waals surface area contributed by atoms with Crippen LogP contribution in [0.3, 0.4) is 0 Å². The number of hydrogen-bond donors (Lipinski definition) is 1. The Morgan fingerprint density at radius 2 is 1.81 bits per heavy atom. The van der Waals surface area contributed by atoms with Crippen LogP contribution in [0.1, 0.15) is 16.7 Å². The molecule has 4 rings (SSSR count). The molecule has 0 spiro atoms. The fraction of sp³-hybridized carbons (Fsp3) is 0.160. The van der Waals surface area contributed by atoms with Gasteiger partial charge in [0.15, 0.2) is 0 Å². The summed E-state index contributed by atoms with van der Waals surface area (Å²) in [4.78, 5) is 15.2. The lowest BCUT2D eigenvalue weighted by Gasteiger charge is -2.12. The van der Waals surface area contributed by atoms with Gasteiger partial charge in [-0.3, -0.25) is 0 Å². The first-order valence-electron chi connectivity index (χ1n) is 10.0. The molecule has 0 fully saturated rings. The molecule has 1 N–H and O–H groups in total. The van der Waals surface area contributed by atoms with E-state index in [-0.39, 0.29) is 6.61 Å². The molecule has 4 aromatic rings. The fourth-order valence-corrected chi connectivity index (χ4v) is 3.54. The van der Waals surface area contributed by atoms with Crippen LogP contribution in [-0.4, -0.2) is 28.5 Å². The maximum Gasteiger partial charge on any atom is 0.506 e. The standard InChI is InChI=1S/C25H22N2O5/c1-16-6-3-4-9-21(16)22-11-10-19(13-20(22)15-30-2)24-26-23(27-32-24)18-8-5-7-17(12-18)14-31-25(28)29/h3-13H,14-15H2,1-2H3,(H,28,29). The minimum absolute atomic E-state index is 0.0470. The highest BCUT2D eigenvalue weighted by Crippen LogP contribution is 2.31. The number of aromatic nitrogens is 2. The second-order valence-corrected chi connectivity index (χ2v) is 7.30. The molecule has 0 aliphatic rings. The van der Waals surface area contributed by atoms with Gasteiger partial charge in [0, 0.05) is 18.2 Å². The van der Waals surface area contributed by atoms with Gasteiger partial charge in [0.1, 0.15) is 6.61 Å². The van der Waals surface area contributed by atoms with Crippen molar-refractivity contribution in [3.05, 3.63) is 83.4 Å². The van der Waals surface area contributed by atoms with Gasteiger partial charge in [0.05, 0.1) is 6.61 Å². The van der Waals surface area contributed by atoms with Crippen molar-refractivity contribution >= 4 is 6.16 Å². The molecule has 32 heavy (non-hydrogen) atoms. The summed E-state index contributed by atoms with van der Waals surface area (Å²) < 4.78 is 15.6. The van der Waals surface area contributed by atoms with E-state index in [1.54, 1.807) is 25.3 Å². The van der Waals surface area contributed by atoms with Gasteiger partial charge in [-0.25, -0.2) is 4.79 Å². The summed E-state index contributed by atoms with van der Waals surface area (Å²) >= 11 is 0. The van der Waals surface area contributed by atoms with E-state index in [2.05, 4.69) is 33.9 Å². The second-order valence-electron chi connectivity index (χ2n) is 7.30. The summed E-state index contributed by atoms with van der Waals surface area (Å²) in [5.41, 5.74) is 6.65. The Morgan fingerprint density at radius 3 is 2.59 bits per heavy atom. The number of hydrogen-bond acceptors (Lipinski definition) is 6. The lowest BCUT2D eigenvalue weighted by molar-refractivity contribution is 0.0854. The molecule has 0 aliphatic carbocycles. The number of carboxylic acid groups (broad SMARTS) is 1. The molecular formula is C25H22N2O5. The molecule has 7 heteroatoms. The normalized spacial score (nSPS) is 10.8. The third-order valence-electron chi connectivity index (χ3n) is 5.06. The van der Waals surface area contributed by atoms with Gasteiger partial charge in [-0.05, 0) is 52.9 Å². The second kappa shape index (κ2) is 9.45. The molecule has 162 valence electrons. The van der Waals surface area contributed by atoms with Gasteiger partial charge in [0.2, 0.25) is 5.82 Å². The summed E-state index contributed by atoms with van der Waals surface area (Å²) in [6.45, 7) is 2.48. The van der Waals surface area contributed by atoms with Crippen LogP contribution in [0.25, 0.3) is 34.0 Å². The zero-order valence-electron chi connectivity index (χ0n) is 17.7. The van der Waals surface area contributed by atoms with Gasteiger partial charge < -0.3 is 19.1 Å². The Balaban J connectivity index is 1.64. The van der Waals surface area contributed by atoms with Crippen molar-refractivity contribution < 1.29 is 23.9 Å². The van der Waals surface area contributed by atoms with Gasteiger partial charge in [-0.15, -0.1) is 0 Å². The highest BCUT2D eigenvalue weighted by Gasteiger charge is 2.15. The molecule has 0 amide bonds. The first-order valence-corrected chi connectivity index (χ1v) is 10.0. The number of nitrogens with zero attached hydrogens (tertiary/aromatic N) is 2. The summed E-state index contributed by atoms with van der Waals surface area (Å²) in [5.74, 6) is 0.800. The predicted molar refractivity (Wildman–Crippen MR) is 119 cm³/mol. The van der Waals surface area contributed by atoms with Crippen molar-refractivity contribution in [2.45, 2.75) is 20.1 Å². The highest BCUT2D eigenvalue weighted by atomic mass is 16.7. The van der Waals surface area contributed by atoms with Crippen molar-refractivity contribution in [2.24, 2.45) is 0 Å². The molecule has 0 saturated carbocycles. The molecular weight excluding hydrogens is 408 g/mol. The molecule has 1 aromatic heterocycles. The van der Waals surface area contributed by atoms with Crippen LogP contribution in [0.5, 0.6) is 0 Å². The number of rotatable bonds is 7. The van der Waals surface area contributed by atoms with Crippen LogP contribution in [0, 0.1) is 6.92 Å². The molecule has 7 nitrogen and oxygen atoms in total. The van der Waals surface area contributed by atoms with E-state index in [0.717, 1.165) is 22.3 Å². The number of benzene rings is 3. The van der Waals surface area contributed by atoms with Crippen LogP contribution < -0.4 is 0 Å². The highest BCUT2D eigenvalue weighted by molar-refractivity contribution is 5.74. The van der Waals surface area contributed by atoms with Crippen molar-refractivity contribution in [3.63, 3.8) is 0 Å². The fourth-order valence-electron chi connectivity index (χ4n) is 3.54. The smallest absolute Gasteiger partial charge is 0.450 e. The quantitative estimate of drug-likeness (QED) is 0.375. The molecule has 0 saturated heterocycles. The average Bonchev–Trinajstić information content (AvgIpc) is 3.29. The Hall–Kier alpha value is -3.97. The summed E-state index contributed by atoms with van der Waals surface area (Å²) in [6.07, 6.45) is -1.32. The monoisotopic (exact) mass is 430 g/mol. The van der Waals surface area contributed by atoms with E-state index in [0.29, 0.717) is 29.4 Å². The SMILES string of the molecule is COCc1cc(-c2nc(-c3cccc(COC(=O)O)c3)no2)ccc1-c1ccccc1C. The largest absolute Gasteiger partial charge is 0.506 e. The number of carbonyl (C=O) groups is 1. The molecule has 3 aromatic carbocycles. The minimum Gasteiger partial charge on any atom is -0.450 e. The molecule has 1 heterocycles. The van der Waals surface area contributed by atoms with E-state index in [4.69, 9.17) is 14.4 Å². The Kier molecular flexibility index (Phi) is 6.28. The average molecular weight is 430 g/mol. The molecule has 0 atom stereocenters. The van der Waals surface area contributed by atoms with Crippen LogP contribution >= 0.6 is 0 Å². The van der Waals surface area contributed by atoms with E-state index < -0.39 is 6.16 Å². The Bertz CT molecular complexity index is 1250. The van der Waals surface area contributed by atoms with Crippen LogP contribution in [0.2, 0.25) is 0 Å². The third kappa shape index (κ3) is 4.68. The lowest BCUT2D eigenvalue weighted by Crippen LogP contribution is -2.00. The molecule has 0 bridgehead atoms. The predicted octanol–water partition coefficient (Wildman–Crippen LogP) is 5.72. The van der Waals surface area contributed by atoms with E-state index in [1.165, 1.54) is 5.56 Å². The minimum atomic E-state index is -1.32. The molecule has 0 unspecified atom stereocenters. The van der Waals surface area contributed by atoms with Gasteiger partial charge in [-0.2, -0.15) is 4.98 Å². The summed E-state index contributed by atoms with van der Waals surface area (Å²) in [7, 11) is 1.67. The van der Waals surface area contributed by atoms with Gasteiger partial charge >= 0.3 is 6.16 Å².